The Labute approximate surface area is 103 Å². The number of carbonyl (C=O) groups is 1. The molecule has 6 nitrogen and oxygen atoms in total. The number of aromatic nitrogens is 3. The van der Waals surface area contributed by atoms with Gasteiger partial charge in [-0.25, -0.2) is 4.98 Å². The third kappa shape index (κ3) is 2.45. The number of nitrogens with zero attached hydrogens (tertiary/aromatic N) is 2. The van der Waals surface area contributed by atoms with Crippen molar-refractivity contribution in [1.29, 1.82) is 0 Å². The predicted molar refractivity (Wildman–Crippen MR) is 63.3 cm³/mol. The number of anilines is 1. The second-order valence-electron chi connectivity index (χ2n) is 3.76. The maximum absolute atomic E-state index is 12.6. The van der Waals surface area contributed by atoms with Gasteiger partial charge < -0.3 is 0 Å². The van der Waals surface area contributed by atoms with Gasteiger partial charge >= 0.3 is 0 Å². The van der Waals surface area contributed by atoms with Gasteiger partial charge in [0.15, 0.2) is 0 Å². The van der Waals surface area contributed by atoms with Crippen LogP contribution in [0.15, 0.2) is 18.3 Å². The van der Waals surface area contributed by atoms with Crippen LogP contribution < -0.4 is 10.9 Å². The van der Waals surface area contributed by atoms with Crippen molar-refractivity contribution in [3.05, 3.63) is 41.2 Å². The smallest absolute Gasteiger partial charge is 0.273 e. The average molecular weight is 249 g/mol. The monoisotopic (exact) mass is 249 g/mol. The van der Waals surface area contributed by atoms with Crippen LogP contribution in [0.5, 0.6) is 0 Å². The summed E-state index contributed by atoms with van der Waals surface area (Å²) in [6.45, 7) is 3.49. The van der Waals surface area contributed by atoms with Gasteiger partial charge in [-0.05, 0) is 26.0 Å². The molecular weight excluding hydrogens is 237 g/mol. The predicted octanol–water partition coefficient (Wildman–Crippen LogP) is 1.32. The minimum Gasteiger partial charge on any atom is -0.297 e. The molecular formula is C11H12FN5O. The first-order valence-electron chi connectivity index (χ1n) is 5.27. The quantitative estimate of drug-likeness (QED) is 0.566. The molecule has 3 N–H and O–H groups in total. The van der Waals surface area contributed by atoms with Gasteiger partial charge in [0.2, 0.25) is 5.95 Å². The number of hydrazine groups is 1. The van der Waals surface area contributed by atoms with Crippen molar-refractivity contribution in [2.24, 2.45) is 0 Å². The van der Waals surface area contributed by atoms with Crippen LogP contribution in [0.25, 0.3) is 0 Å². The van der Waals surface area contributed by atoms with Crippen molar-refractivity contribution in [2.75, 3.05) is 5.43 Å². The summed E-state index contributed by atoms with van der Waals surface area (Å²) in [5.74, 6) is -0.892. The number of H-pyrrole nitrogens is 1. The summed E-state index contributed by atoms with van der Waals surface area (Å²) in [5, 5.41) is 6.65. The topological polar surface area (TPSA) is 82.7 Å². The molecule has 0 aliphatic heterocycles. The molecule has 2 aromatic heterocycles. The van der Waals surface area contributed by atoms with Crippen LogP contribution in [0.4, 0.5) is 10.1 Å². The summed E-state index contributed by atoms with van der Waals surface area (Å²) in [4.78, 5) is 15.3. The van der Waals surface area contributed by atoms with Gasteiger partial charge in [0.05, 0.1) is 23.1 Å². The molecule has 0 saturated carbocycles. The summed E-state index contributed by atoms with van der Waals surface area (Å²) in [6, 6.07) is 2.67. The number of rotatable bonds is 3. The lowest BCUT2D eigenvalue weighted by Crippen LogP contribution is -2.30. The first kappa shape index (κ1) is 12.0. The van der Waals surface area contributed by atoms with E-state index in [4.69, 9.17) is 0 Å². The van der Waals surface area contributed by atoms with Crippen molar-refractivity contribution in [2.45, 2.75) is 13.8 Å². The van der Waals surface area contributed by atoms with Gasteiger partial charge in [0.1, 0.15) is 0 Å². The van der Waals surface area contributed by atoms with Crippen molar-refractivity contribution in [3.63, 3.8) is 0 Å². The molecule has 0 aliphatic carbocycles. The van der Waals surface area contributed by atoms with Crippen molar-refractivity contribution in [3.8, 4) is 0 Å². The van der Waals surface area contributed by atoms with Crippen LogP contribution in [0.1, 0.15) is 21.7 Å². The molecule has 0 unspecified atom stereocenters. The third-order valence-corrected chi connectivity index (χ3v) is 2.40. The summed E-state index contributed by atoms with van der Waals surface area (Å²) in [5.41, 5.74) is 7.41. The molecule has 0 aliphatic rings. The summed E-state index contributed by atoms with van der Waals surface area (Å²) in [6.07, 6.45) is 1.28. The zero-order valence-corrected chi connectivity index (χ0v) is 9.91. The van der Waals surface area contributed by atoms with Crippen LogP contribution in [0.2, 0.25) is 0 Å². The second kappa shape index (κ2) is 4.82. The van der Waals surface area contributed by atoms with Crippen molar-refractivity contribution < 1.29 is 9.18 Å². The molecule has 2 aromatic rings. The number of amides is 1. The molecule has 0 spiro atoms. The molecule has 1 amide bonds. The molecule has 0 bridgehead atoms. The Morgan fingerprint density at radius 3 is 2.72 bits per heavy atom. The zero-order chi connectivity index (χ0) is 13.1. The fourth-order valence-electron chi connectivity index (χ4n) is 1.53. The average Bonchev–Trinajstić information content (AvgIpc) is 2.68. The Bertz CT molecular complexity index is 544. The SMILES string of the molecule is Cc1n[nH]c(C)c1C(=O)NNc1ccc(F)nc1. The summed E-state index contributed by atoms with van der Waals surface area (Å²) < 4.78 is 12.6. The highest BCUT2D eigenvalue weighted by atomic mass is 19.1. The molecule has 18 heavy (non-hydrogen) atoms. The van der Waals surface area contributed by atoms with Gasteiger partial charge in [-0.15, -0.1) is 0 Å². The van der Waals surface area contributed by atoms with E-state index in [2.05, 4.69) is 26.0 Å². The van der Waals surface area contributed by atoms with E-state index in [0.29, 0.717) is 22.6 Å². The highest BCUT2D eigenvalue weighted by Crippen LogP contribution is 2.09. The second-order valence-corrected chi connectivity index (χ2v) is 3.76. The van der Waals surface area contributed by atoms with E-state index in [1.165, 1.54) is 18.3 Å². The van der Waals surface area contributed by atoms with Gasteiger partial charge in [-0.3, -0.25) is 20.7 Å². The number of aryl methyl sites for hydroxylation is 2. The molecule has 2 rings (SSSR count). The Kier molecular flexibility index (Phi) is 3.22. The van der Waals surface area contributed by atoms with Crippen LogP contribution in [0.3, 0.4) is 0 Å². The lowest BCUT2D eigenvalue weighted by molar-refractivity contribution is 0.0961. The zero-order valence-electron chi connectivity index (χ0n) is 9.91. The van der Waals surface area contributed by atoms with E-state index >= 15 is 0 Å². The van der Waals surface area contributed by atoms with Gasteiger partial charge in [-0.2, -0.15) is 9.49 Å². The van der Waals surface area contributed by atoms with Gasteiger partial charge in [0, 0.05) is 5.69 Å². The van der Waals surface area contributed by atoms with Crippen LogP contribution in [-0.2, 0) is 0 Å². The van der Waals surface area contributed by atoms with Crippen LogP contribution in [-0.4, -0.2) is 21.1 Å². The lowest BCUT2D eigenvalue weighted by Gasteiger charge is -2.07. The first-order valence-corrected chi connectivity index (χ1v) is 5.27. The highest BCUT2D eigenvalue weighted by molar-refractivity contribution is 5.96. The molecule has 0 aromatic carbocycles. The molecule has 94 valence electrons. The fourth-order valence-corrected chi connectivity index (χ4v) is 1.53. The standard InChI is InChI=1S/C11H12FN5O/c1-6-10(7(2)15-14-6)11(18)17-16-8-3-4-9(12)13-5-8/h3-5,16H,1-2H3,(H,14,15)(H,17,18). The summed E-state index contributed by atoms with van der Waals surface area (Å²) in [7, 11) is 0. The third-order valence-electron chi connectivity index (χ3n) is 2.40. The number of nitrogens with one attached hydrogen (secondary N) is 3. The molecule has 2 heterocycles. The van der Waals surface area contributed by atoms with Gasteiger partial charge in [-0.1, -0.05) is 0 Å². The van der Waals surface area contributed by atoms with E-state index in [9.17, 15) is 9.18 Å². The number of pyridine rings is 1. The first-order chi connectivity index (χ1) is 8.58. The van der Waals surface area contributed by atoms with E-state index in [-0.39, 0.29) is 5.91 Å². The van der Waals surface area contributed by atoms with Crippen LogP contribution in [0, 0.1) is 19.8 Å². The lowest BCUT2D eigenvalue weighted by atomic mass is 10.2. The number of hydrogen-bond donors (Lipinski definition) is 3. The van der Waals surface area contributed by atoms with Crippen molar-refractivity contribution in [1.82, 2.24) is 20.6 Å². The Morgan fingerprint density at radius 1 is 1.39 bits per heavy atom. The summed E-state index contributed by atoms with van der Waals surface area (Å²) >= 11 is 0. The van der Waals surface area contributed by atoms with E-state index < -0.39 is 5.95 Å². The molecule has 0 fully saturated rings. The number of carbonyl (C=O) groups excluding carboxylic acids is 1. The Hall–Kier alpha value is -2.44. The maximum atomic E-state index is 12.6. The highest BCUT2D eigenvalue weighted by Gasteiger charge is 2.14. The van der Waals surface area contributed by atoms with Crippen molar-refractivity contribution >= 4 is 11.6 Å². The fraction of sp³-hybridized carbons (Fsp3) is 0.182. The normalized spacial score (nSPS) is 10.2. The Morgan fingerprint density at radius 2 is 2.17 bits per heavy atom. The largest absolute Gasteiger partial charge is 0.297 e. The molecule has 0 radical (unpaired) electrons. The number of aromatic amines is 1. The Balaban J connectivity index is 2.03. The molecule has 0 saturated heterocycles. The minimum absolute atomic E-state index is 0.317. The molecule has 7 heteroatoms. The van der Waals surface area contributed by atoms with Crippen LogP contribution >= 0.6 is 0 Å². The van der Waals surface area contributed by atoms with E-state index in [0.717, 1.165) is 0 Å². The number of hydrogen-bond acceptors (Lipinski definition) is 4. The minimum atomic E-state index is -0.576. The maximum Gasteiger partial charge on any atom is 0.273 e. The molecule has 0 atom stereocenters. The van der Waals surface area contributed by atoms with E-state index in [1.807, 2.05) is 0 Å². The number of halogens is 1. The van der Waals surface area contributed by atoms with E-state index in [1.54, 1.807) is 13.8 Å². The van der Waals surface area contributed by atoms with Gasteiger partial charge in [0.25, 0.3) is 5.91 Å².